The molecule has 0 spiro atoms. The number of pyridine rings is 2. The fraction of sp³-hybridized carbons (Fsp3) is 0.275. The van der Waals surface area contributed by atoms with Gasteiger partial charge in [-0.1, -0.05) is 69.3 Å². The molecule has 8 heteroatoms. The minimum Gasteiger partial charge on any atom is -0.487 e. The number of carboxylic acid groups (broad SMARTS) is 1. The number of ether oxygens (including phenoxy) is 2. The molecule has 246 valence electrons. The molecule has 0 saturated heterocycles. The molecular formula is C40H41N3O4S. The normalized spacial score (nSPS) is 12.0. The number of carbonyl (C=O) groups is 1. The average molecular weight is 660 g/mol. The van der Waals surface area contributed by atoms with Gasteiger partial charge in [0.2, 0.25) is 5.88 Å². The molecule has 0 bridgehead atoms. The van der Waals surface area contributed by atoms with Crippen molar-refractivity contribution in [3.63, 3.8) is 0 Å². The van der Waals surface area contributed by atoms with Crippen molar-refractivity contribution in [2.45, 2.75) is 63.8 Å². The summed E-state index contributed by atoms with van der Waals surface area (Å²) in [4.78, 5) is 22.6. The second kappa shape index (κ2) is 13.4. The van der Waals surface area contributed by atoms with Crippen molar-refractivity contribution in [1.29, 1.82) is 0 Å². The van der Waals surface area contributed by atoms with Crippen molar-refractivity contribution in [2.24, 2.45) is 5.41 Å². The molecule has 0 saturated carbocycles. The summed E-state index contributed by atoms with van der Waals surface area (Å²) >= 11 is 1.77. The first-order valence-electron chi connectivity index (χ1n) is 16.0. The number of para-hydroxylation sites is 1. The number of thioether (sulfide) groups is 1. The second-order valence-corrected chi connectivity index (χ2v) is 15.5. The van der Waals surface area contributed by atoms with Crippen LogP contribution in [0.3, 0.4) is 0 Å². The van der Waals surface area contributed by atoms with Crippen LogP contribution in [0.4, 0.5) is 0 Å². The zero-order valence-electron chi connectivity index (χ0n) is 28.3. The van der Waals surface area contributed by atoms with Gasteiger partial charge in [0.05, 0.1) is 23.7 Å². The lowest BCUT2D eigenvalue weighted by atomic mass is 9.88. The lowest BCUT2D eigenvalue weighted by Gasteiger charge is -2.24. The Labute approximate surface area is 286 Å². The minimum atomic E-state index is -0.967. The fourth-order valence-corrected chi connectivity index (χ4v) is 6.91. The number of methoxy groups -OCH3 is 1. The molecule has 6 rings (SSSR count). The van der Waals surface area contributed by atoms with E-state index in [2.05, 4.69) is 78.9 Å². The maximum absolute atomic E-state index is 12.4. The molecule has 3 aromatic carbocycles. The summed E-state index contributed by atoms with van der Waals surface area (Å²) in [5.41, 5.74) is 6.06. The van der Waals surface area contributed by atoms with Crippen LogP contribution in [0.5, 0.6) is 11.6 Å². The lowest BCUT2D eigenvalue weighted by molar-refractivity contribution is -0.146. The van der Waals surface area contributed by atoms with Gasteiger partial charge in [-0.05, 0) is 61.4 Å². The van der Waals surface area contributed by atoms with E-state index in [0.29, 0.717) is 25.5 Å². The van der Waals surface area contributed by atoms with Crippen LogP contribution in [0, 0.1) is 5.41 Å². The Morgan fingerprint density at radius 3 is 2.33 bits per heavy atom. The van der Waals surface area contributed by atoms with Crippen LogP contribution in [0.25, 0.3) is 32.9 Å². The van der Waals surface area contributed by atoms with Crippen LogP contribution in [0.1, 0.15) is 51.6 Å². The number of rotatable bonds is 11. The summed E-state index contributed by atoms with van der Waals surface area (Å²) in [5.74, 6) is 0.497. The van der Waals surface area contributed by atoms with E-state index in [0.717, 1.165) is 60.5 Å². The molecule has 0 radical (unpaired) electrons. The van der Waals surface area contributed by atoms with Crippen molar-refractivity contribution < 1.29 is 19.4 Å². The van der Waals surface area contributed by atoms with Gasteiger partial charge < -0.3 is 19.1 Å². The predicted octanol–water partition coefficient (Wildman–Crippen LogP) is 9.43. The molecular weight excluding hydrogens is 619 g/mol. The lowest BCUT2D eigenvalue weighted by Crippen LogP contribution is -2.28. The SMILES string of the molecule is COc1ccc(-c2ccc(Cn3c(CC(C)(C)C(=O)O)c(SC(C)(C)C)c4cc(OCc5ccc6ccccc6n5)ccc43)cc2)cn1. The molecule has 3 heterocycles. The van der Waals surface area contributed by atoms with E-state index < -0.39 is 11.4 Å². The van der Waals surface area contributed by atoms with Crippen LogP contribution in [0.15, 0.2) is 102 Å². The summed E-state index contributed by atoms with van der Waals surface area (Å²) in [5, 5.41) is 12.3. The van der Waals surface area contributed by atoms with Gasteiger partial charge in [-0.25, -0.2) is 9.97 Å². The first-order chi connectivity index (χ1) is 22.9. The van der Waals surface area contributed by atoms with E-state index in [-0.39, 0.29) is 4.75 Å². The number of nitrogens with zero attached hydrogens (tertiary/aromatic N) is 3. The van der Waals surface area contributed by atoms with E-state index >= 15 is 0 Å². The Kier molecular flexibility index (Phi) is 9.21. The molecule has 7 nitrogen and oxygen atoms in total. The highest BCUT2D eigenvalue weighted by atomic mass is 32.2. The molecule has 48 heavy (non-hydrogen) atoms. The molecule has 0 amide bonds. The smallest absolute Gasteiger partial charge is 0.309 e. The molecule has 0 aliphatic carbocycles. The van der Waals surface area contributed by atoms with Crippen LogP contribution in [-0.4, -0.2) is 37.5 Å². The Morgan fingerprint density at radius 2 is 1.65 bits per heavy atom. The zero-order chi connectivity index (χ0) is 34.1. The summed E-state index contributed by atoms with van der Waals surface area (Å²) in [6.45, 7) is 11.1. The molecule has 0 atom stereocenters. The Morgan fingerprint density at radius 1 is 0.896 bits per heavy atom. The Balaban J connectivity index is 1.38. The summed E-state index contributed by atoms with van der Waals surface area (Å²) in [6, 6.07) is 30.6. The minimum absolute atomic E-state index is 0.110. The van der Waals surface area contributed by atoms with Crippen molar-refractivity contribution in [2.75, 3.05) is 7.11 Å². The fourth-order valence-electron chi connectivity index (χ4n) is 5.72. The largest absolute Gasteiger partial charge is 0.487 e. The number of aliphatic carboxylic acids is 1. The van der Waals surface area contributed by atoms with Gasteiger partial charge in [0.1, 0.15) is 12.4 Å². The second-order valence-electron chi connectivity index (χ2n) is 13.7. The molecule has 0 unspecified atom stereocenters. The number of fused-ring (bicyclic) bond motifs is 2. The first-order valence-corrected chi connectivity index (χ1v) is 16.9. The molecule has 0 fully saturated rings. The highest BCUT2D eigenvalue weighted by Gasteiger charge is 2.33. The number of hydrogen-bond donors (Lipinski definition) is 1. The van der Waals surface area contributed by atoms with Crippen LogP contribution in [0.2, 0.25) is 0 Å². The van der Waals surface area contributed by atoms with Crippen LogP contribution >= 0.6 is 11.8 Å². The number of benzene rings is 3. The molecule has 6 aromatic rings. The molecule has 1 N–H and O–H groups in total. The van der Waals surface area contributed by atoms with Gasteiger partial charge >= 0.3 is 5.97 Å². The third-order valence-corrected chi connectivity index (χ3v) is 9.58. The van der Waals surface area contributed by atoms with Crippen molar-refractivity contribution in [3.8, 4) is 22.8 Å². The van der Waals surface area contributed by atoms with Crippen molar-refractivity contribution in [1.82, 2.24) is 14.5 Å². The topological polar surface area (TPSA) is 86.5 Å². The monoisotopic (exact) mass is 659 g/mol. The predicted molar refractivity (Wildman–Crippen MR) is 194 cm³/mol. The summed E-state index contributed by atoms with van der Waals surface area (Å²) in [7, 11) is 1.61. The van der Waals surface area contributed by atoms with E-state index in [1.54, 1.807) is 32.7 Å². The summed E-state index contributed by atoms with van der Waals surface area (Å²) in [6.07, 6.45) is 2.19. The zero-order valence-corrected chi connectivity index (χ0v) is 29.1. The number of carboxylic acids is 1. The van der Waals surface area contributed by atoms with E-state index in [9.17, 15) is 9.90 Å². The third kappa shape index (κ3) is 7.34. The van der Waals surface area contributed by atoms with Gasteiger partial charge in [0, 0.05) is 62.4 Å². The van der Waals surface area contributed by atoms with Gasteiger partial charge in [0.25, 0.3) is 0 Å². The van der Waals surface area contributed by atoms with Crippen LogP contribution in [-0.2, 0) is 24.4 Å². The van der Waals surface area contributed by atoms with E-state index in [1.807, 2.05) is 48.7 Å². The first kappa shape index (κ1) is 33.1. The standard InChI is InChI=1S/C40H41N3O4S/c1-39(2,3)48-37-32-21-31(47-25-30-17-15-28-9-7-8-10-33(28)42-30)18-19-34(32)43(35(37)22-40(4,5)38(44)45)24-26-11-13-27(14-12-26)29-16-20-36(46-6)41-23-29/h7-21,23H,22,24-25H2,1-6H3,(H,44,45). The van der Waals surface area contributed by atoms with Gasteiger partial charge in [-0.2, -0.15) is 0 Å². The van der Waals surface area contributed by atoms with E-state index in [1.165, 1.54) is 0 Å². The maximum Gasteiger partial charge on any atom is 0.309 e. The highest BCUT2D eigenvalue weighted by Crippen LogP contribution is 2.44. The third-order valence-electron chi connectivity index (χ3n) is 8.30. The molecule has 3 aromatic heterocycles. The number of hydrogen-bond acceptors (Lipinski definition) is 6. The number of aromatic nitrogens is 3. The Hall–Kier alpha value is -4.82. The maximum atomic E-state index is 12.4. The Bertz CT molecular complexity index is 2080. The molecule has 0 aliphatic rings. The summed E-state index contributed by atoms with van der Waals surface area (Å²) < 4.78 is 13.7. The van der Waals surface area contributed by atoms with Crippen molar-refractivity contribution >= 4 is 39.5 Å². The highest BCUT2D eigenvalue weighted by molar-refractivity contribution is 8.00. The van der Waals surface area contributed by atoms with Gasteiger partial charge in [-0.3, -0.25) is 4.79 Å². The van der Waals surface area contributed by atoms with E-state index in [4.69, 9.17) is 14.5 Å². The molecule has 0 aliphatic heterocycles. The van der Waals surface area contributed by atoms with Gasteiger partial charge in [-0.15, -0.1) is 11.8 Å². The van der Waals surface area contributed by atoms with Crippen molar-refractivity contribution in [3.05, 3.63) is 114 Å². The quantitative estimate of drug-likeness (QED) is 0.139. The van der Waals surface area contributed by atoms with Crippen LogP contribution < -0.4 is 9.47 Å². The average Bonchev–Trinajstić information content (AvgIpc) is 3.33. The van der Waals surface area contributed by atoms with Gasteiger partial charge in [0.15, 0.2) is 0 Å².